The molecule has 31 heavy (non-hydrogen) atoms. The number of piperidine rings is 1. The van der Waals surface area contributed by atoms with Gasteiger partial charge in [0, 0.05) is 19.1 Å². The van der Waals surface area contributed by atoms with Gasteiger partial charge in [0.2, 0.25) is 5.91 Å². The molecule has 0 bridgehead atoms. The van der Waals surface area contributed by atoms with Gasteiger partial charge in [0.15, 0.2) is 5.69 Å². The molecule has 0 unspecified atom stereocenters. The molecule has 0 radical (unpaired) electrons. The van der Waals surface area contributed by atoms with Crippen LogP contribution < -0.4 is 5.32 Å². The number of amides is 2. The molecule has 1 aliphatic heterocycles. The van der Waals surface area contributed by atoms with Crippen molar-refractivity contribution < 1.29 is 19.1 Å². The summed E-state index contributed by atoms with van der Waals surface area (Å²) in [5.41, 5.74) is 0.000180. The highest BCUT2D eigenvalue weighted by Gasteiger charge is 2.35. The maximum absolute atomic E-state index is 13.0. The Morgan fingerprint density at radius 3 is 2.52 bits per heavy atom. The fraction of sp³-hybridized carbons (Fsp3) is 0.545. The van der Waals surface area contributed by atoms with E-state index < -0.39 is 5.60 Å². The topological polar surface area (TPSA) is 100 Å². The Morgan fingerprint density at radius 1 is 1.16 bits per heavy atom. The maximum Gasteiger partial charge on any atom is 0.273 e. The van der Waals surface area contributed by atoms with Crippen LogP contribution in [0.2, 0.25) is 0 Å². The van der Waals surface area contributed by atoms with Crippen molar-refractivity contribution in [2.45, 2.75) is 63.1 Å². The zero-order valence-electron chi connectivity index (χ0n) is 17.5. The molecule has 2 amide bonds. The van der Waals surface area contributed by atoms with Gasteiger partial charge >= 0.3 is 0 Å². The van der Waals surface area contributed by atoms with Crippen molar-refractivity contribution in [1.29, 1.82) is 0 Å². The zero-order chi connectivity index (χ0) is 21.8. The molecule has 2 fully saturated rings. The van der Waals surface area contributed by atoms with Crippen molar-refractivity contribution in [3.8, 4) is 0 Å². The van der Waals surface area contributed by atoms with E-state index >= 15 is 0 Å². The highest BCUT2D eigenvalue weighted by molar-refractivity contribution is 5.92. The van der Waals surface area contributed by atoms with Gasteiger partial charge in [-0.15, -0.1) is 5.10 Å². The van der Waals surface area contributed by atoms with Crippen molar-refractivity contribution >= 4 is 11.8 Å². The minimum absolute atomic E-state index is 0.0414. The quantitative estimate of drug-likeness (QED) is 0.728. The number of hydrogen-bond acceptors (Lipinski definition) is 5. The molecule has 1 aliphatic carbocycles. The van der Waals surface area contributed by atoms with Crippen LogP contribution in [0.1, 0.15) is 54.6 Å². The van der Waals surface area contributed by atoms with Gasteiger partial charge in [0.1, 0.15) is 5.82 Å². The largest absolute Gasteiger partial charge is 0.388 e. The van der Waals surface area contributed by atoms with E-state index in [0.29, 0.717) is 25.9 Å². The van der Waals surface area contributed by atoms with Crippen LogP contribution in [0.5, 0.6) is 0 Å². The number of carbonyl (C=O) groups excluding carboxylic acids is 2. The number of aliphatic hydroxyl groups is 1. The Balaban J connectivity index is 1.27. The van der Waals surface area contributed by atoms with Gasteiger partial charge < -0.3 is 15.3 Å². The van der Waals surface area contributed by atoms with Crippen molar-refractivity contribution in [2.75, 3.05) is 13.1 Å². The molecule has 1 saturated carbocycles. The van der Waals surface area contributed by atoms with E-state index in [4.69, 9.17) is 0 Å². The van der Waals surface area contributed by atoms with Gasteiger partial charge in [-0.05, 0) is 43.4 Å². The fourth-order valence-electron chi connectivity index (χ4n) is 4.33. The lowest BCUT2D eigenvalue weighted by atomic mass is 9.91. The van der Waals surface area contributed by atoms with Crippen LogP contribution in [0.15, 0.2) is 30.5 Å². The monoisotopic (exact) mass is 429 g/mol. The molecule has 2 aliphatic rings. The van der Waals surface area contributed by atoms with E-state index in [0.717, 1.165) is 31.2 Å². The Labute approximate surface area is 180 Å². The van der Waals surface area contributed by atoms with Crippen molar-refractivity contribution in [1.82, 2.24) is 25.2 Å². The van der Waals surface area contributed by atoms with Gasteiger partial charge in [0.25, 0.3) is 5.91 Å². The summed E-state index contributed by atoms with van der Waals surface area (Å²) in [5.74, 6) is -0.599. The van der Waals surface area contributed by atoms with Gasteiger partial charge in [0.05, 0.1) is 24.8 Å². The molecular formula is C22H28FN5O3. The second kappa shape index (κ2) is 9.13. The first-order chi connectivity index (χ1) is 14.9. The first-order valence-electron chi connectivity index (χ1n) is 10.9. The number of halogens is 1. The molecule has 0 atom stereocenters. The van der Waals surface area contributed by atoms with Crippen molar-refractivity contribution in [3.05, 3.63) is 47.5 Å². The maximum atomic E-state index is 13.0. The normalized spacial score (nSPS) is 18.8. The number of nitrogens with zero attached hydrogens (tertiary/aromatic N) is 4. The van der Waals surface area contributed by atoms with Crippen LogP contribution in [-0.2, 0) is 17.8 Å². The number of likely N-dealkylation sites (tertiary alicyclic amines) is 1. The molecule has 1 aromatic heterocycles. The number of carbonyl (C=O) groups is 2. The Kier molecular flexibility index (Phi) is 6.31. The zero-order valence-corrected chi connectivity index (χ0v) is 17.5. The van der Waals surface area contributed by atoms with Gasteiger partial charge in [-0.1, -0.05) is 30.2 Å². The molecule has 2 aromatic rings. The summed E-state index contributed by atoms with van der Waals surface area (Å²) in [4.78, 5) is 26.6. The van der Waals surface area contributed by atoms with Crippen LogP contribution in [0.25, 0.3) is 0 Å². The molecule has 2 N–H and O–H groups in total. The summed E-state index contributed by atoms with van der Waals surface area (Å²) >= 11 is 0. The predicted molar refractivity (Wildman–Crippen MR) is 111 cm³/mol. The number of aromatic nitrogens is 3. The van der Waals surface area contributed by atoms with E-state index in [9.17, 15) is 19.1 Å². The number of hydrogen-bond donors (Lipinski definition) is 2. The van der Waals surface area contributed by atoms with Crippen LogP contribution in [0, 0.1) is 5.82 Å². The molecular weight excluding hydrogens is 401 g/mol. The number of benzene rings is 1. The van der Waals surface area contributed by atoms with Crippen LogP contribution in [0.4, 0.5) is 4.39 Å². The van der Waals surface area contributed by atoms with Gasteiger partial charge in [-0.3, -0.25) is 9.59 Å². The Bertz CT molecular complexity index is 915. The van der Waals surface area contributed by atoms with E-state index in [1.807, 2.05) is 0 Å². The third kappa shape index (κ3) is 5.46. The minimum Gasteiger partial charge on any atom is -0.388 e. The average molecular weight is 429 g/mol. The third-order valence-corrected chi connectivity index (χ3v) is 6.23. The summed E-state index contributed by atoms with van der Waals surface area (Å²) in [6.45, 7) is 1.08. The van der Waals surface area contributed by atoms with Crippen LogP contribution in [-0.4, -0.2) is 61.5 Å². The molecule has 0 spiro atoms. The summed E-state index contributed by atoms with van der Waals surface area (Å²) in [6.07, 6.45) is 6.85. The summed E-state index contributed by atoms with van der Waals surface area (Å²) in [6, 6.07) is 6.12. The molecule has 9 heteroatoms. The van der Waals surface area contributed by atoms with E-state index in [1.165, 1.54) is 16.8 Å². The smallest absolute Gasteiger partial charge is 0.273 e. The lowest BCUT2D eigenvalue weighted by molar-refractivity contribution is -0.135. The first kappa shape index (κ1) is 21.4. The van der Waals surface area contributed by atoms with E-state index in [2.05, 4.69) is 15.6 Å². The number of rotatable bonds is 6. The van der Waals surface area contributed by atoms with Gasteiger partial charge in [-0.2, -0.15) is 0 Å². The summed E-state index contributed by atoms with van der Waals surface area (Å²) in [5, 5.41) is 21.9. The molecule has 2 heterocycles. The molecule has 1 aromatic carbocycles. The first-order valence-corrected chi connectivity index (χ1v) is 10.9. The third-order valence-electron chi connectivity index (χ3n) is 6.23. The molecule has 4 rings (SSSR count). The molecule has 1 saturated heterocycles. The lowest BCUT2D eigenvalue weighted by Crippen LogP contribution is -2.49. The van der Waals surface area contributed by atoms with Crippen LogP contribution >= 0.6 is 0 Å². The fourth-order valence-corrected chi connectivity index (χ4v) is 4.33. The highest BCUT2D eigenvalue weighted by Crippen LogP contribution is 2.25. The minimum atomic E-state index is -1.01. The second-order valence-electron chi connectivity index (χ2n) is 8.66. The summed E-state index contributed by atoms with van der Waals surface area (Å²) in [7, 11) is 0. The molecule has 8 nitrogen and oxygen atoms in total. The Hall–Kier alpha value is -2.81. The Morgan fingerprint density at radius 2 is 1.84 bits per heavy atom. The highest BCUT2D eigenvalue weighted by atomic mass is 19.1. The SMILES string of the molecule is O=C(NC1CCCC1)c1cn(CC2(O)CCN(C(=O)Cc3ccc(F)cc3)CC2)nn1. The standard InChI is InChI=1S/C22H28FN5O3/c23-17-7-5-16(6-8-17)13-20(29)27-11-9-22(31,10-12-27)15-28-14-19(25-26-28)21(30)24-18-3-1-2-4-18/h5-8,14,18,31H,1-4,9-13,15H2,(H,24,30). The van der Waals surface area contributed by atoms with Crippen molar-refractivity contribution in [2.24, 2.45) is 0 Å². The lowest BCUT2D eigenvalue weighted by Gasteiger charge is -2.38. The van der Waals surface area contributed by atoms with Crippen LogP contribution in [0.3, 0.4) is 0 Å². The van der Waals surface area contributed by atoms with E-state index in [-0.39, 0.29) is 42.3 Å². The van der Waals surface area contributed by atoms with E-state index in [1.54, 1.807) is 23.2 Å². The number of nitrogens with one attached hydrogen (secondary N) is 1. The van der Waals surface area contributed by atoms with Crippen molar-refractivity contribution in [3.63, 3.8) is 0 Å². The second-order valence-corrected chi connectivity index (χ2v) is 8.66. The predicted octanol–water partition coefficient (Wildman–Crippen LogP) is 1.69. The molecule has 166 valence electrons. The summed E-state index contributed by atoms with van der Waals surface area (Å²) < 4.78 is 14.5. The average Bonchev–Trinajstić information content (AvgIpc) is 3.42. The van der Waals surface area contributed by atoms with Gasteiger partial charge in [-0.25, -0.2) is 9.07 Å².